The number of imidazole rings is 1. The number of pyridine rings is 1. The molecule has 136 valence electrons. The molecule has 1 N–H and O–H groups in total. The highest BCUT2D eigenvalue weighted by Crippen LogP contribution is 2.19. The average molecular weight is 358 g/mol. The lowest BCUT2D eigenvalue weighted by molar-refractivity contribution is 0.0948. The molecule has 0 aliphatic rings. The molecule has 0 aliphatic heterocycles. The van der Waals surface area contributed by atoms with Crippen LogP contribution in [0.15, 0.2) is 48.5 Å². The fourth-order valence-electron chi connectivity index (χ4n) is 3.49. The summed E-state index contributed by atoms with van der Waals surface area (Å²) in [4.78, 5) is 22.0. The highest BCUT2D eigenvalue weighted by molar-refractivity contribution is 5.98. The van der Waals surface area contributed by atoms with Crippen LogP contribution in [0.3, 0.4) is 0 Å². The number of hydrogen-bond donors (Lipinski definition) is 1. The van der Waals surface area contributed by atoms with Gasteiger partial charge in [0.15, 0.2) is 0 Å². The van der Waals surface area contributed by atoms with Gasteiger partial charge in [0.2, 0.25) is 0 Å². The fourth-order valence-corrected chi connectivity index (χ4v) is 3.49. The predicted octanol–water partition coefficient (Wildman–Crippen LogP) is 4.15. The number of para-hydroxylation sites is 2. The van der Waals surface area contributed by atoms with Crippen molar-refractivity contribution in [1.82, 2.24) is 19.9 Å². The smallest absolute Gasteiger partial charge is 0.253 e. The van der Waals surface area contributed by atoms with Crippen molar-refractivity contribution in [2.24, 2.45) is 0 Å². The Balaban J connectivity index is 1.61. The van der Waals surface area contributed by atoms with Gasteiger partial charge in [0.25, 0.3) is 5.91 Å². The summed E-state index contributed by atoms with van der Waals surface area (Å²) in [7, 11) is 0. The summed E-state index contributed by atoms with van der Waals surface area (Å²) >= 11 is 0. The highest BCUT2D eigenvalue weighted by Gasteiger charge is 2.14. The number of fused-ring (bicyclic) bond motifs is 2. The molecular weight excluding hydrogens is 336 g/mol. The number of hydrogen-bond acceptors (Lipinski definition) is 3. The van der Waals surface area contributed by atoms with E-state index in [9.17, 15) is 4.79 Å². The van der Waals surface area contributed by atoms with Gasteiger partial charge in [-0.2, -0.15) is 0 Å². The molecule has 0 fully saturated rings. The number of amides is 1. The van der Waals surface area contributed by atoms with Crippen molar-refractivity contribution < 1.29 is 4.79 Å². The summed E-state index contributed by atoms with van der Waals surface area (Å²) in [6.07, 6.45) is 0. The maximum Gasteiger partial charge on any atom is 0.253 e. The number of rotatable bonds is 4. The molecule has 0 saturated carbocycles. The maximum atomic E-state index is 12.8. The van der Waals surface area contributed by atoms with Crippen molar-refractivity contribution in [3.63, 3.8) is 0 Å². The molecule has 27 heavy (non-hydrogen) atoms. The summed E-state index contributed by atoms with van der Waals surface area (Å²) in [6.45, 7) is 7.18. The standard InChI is InChI=1S/C22H22N4O/c1-4-26-20-8-6-5-7-19(20)25-21(26)13-23-22(27)17-12-16-11-14(2)9-10-18(16)24-15(17)3/h5-12H,4,13H2,1-3H3,(H,23,27). The molecule has 5 nitrogen and oxygen atoms in total. The van der Waals surface area contributed by atoms with E-state index in [2.05, 4.69) is 38.9 Å². The van der Waals surface area contributed by atoms with E-state index in [1.54, 1.807) is 0 Å². The van der Waals surface area contributed by atoms with E-state index in [-0.39, 0.29) is 5.91 Å². The minimum absolute atomic E-state index is 0.127. The molecule has 0 atom stereocenters. The Morgan fingerprint density at radius 1 is 1.04 bits per heavy atom. The van der Waals surface area contributed by atoms with Crippen molar-refractivity contribution in [2.75, 3.05) is 0 Å². The van der Waals surface area contributed by atoms with Gasteiger partial charge in [-0.25, -0.2) is 4.98 Å². The molecule has 4 rings (SSSR count). The van der Waals surface area contributed by atoms with Crippen molar-refractivity contribution in [2.45, 2.75) is 33.9 Å². The summed E-state index contributed by atoms with van der Waals surface area (Å²) in [6, 6.07) is 16.0. The zero-order chi connectivity index (χ0) is 19.0. The van der Waals surface area contributed by atoms with E-state index < -0.39 is 0 Å². The van der Waals surface area contributed by atoms with Gasteiger partial charge in [-0.3, -0.25) is 9.78 Å². The van der Waals surface area contributed by atoms with E-state index >= 15 is 0 Å². The number of nitrogens with one attached hydrogen (secondary N) is 1. The number of carbonyl (C=O) groups excluding carboxylic acids is 1. The first kappa shape index (κ1) is 17.2. The Morgan fingerprint density at radius 3 is 2.67 bits per heavy atom. The van der Waals surface area contributed by atoms with Gasteiger partial charge in [0, 0.05) is 11.9 Å². The number of carbonyl (C=O) groups is 1. The van der Waals surface area contributed by atoms with Gasteiger partial charge in [-0.05, 0) is 51.1 Å². The molecule has 2 aromatic heterocycles. The van der Waals surface area contributed by atoms with Crippen LogP contribution in [0.25, 0.3) is 21.9 Å². The second-order valence-electron chi connectivity index (χ2n) is 6.76. The number of aryl methyl sites for hydroxylation is 3. The zero-order valence-electron chi connectivity index (χ0n) is 15.8. The molecule has 0 unspecified atom stereocenters. The molecular formula is C22H22N4O. The predicted molar refractivity (Wildman–Crippen MR) is 108 cm³/mol. The van der Waals surface area contributed by atoms with E-state index in [1.165, 1.54) is 0 Å². The van der Waals surface area contributed by atoms with Crippen LogP contribution in [0.1, 0.15) is 34.4 Å². The van der Waals surface area contributed by atoms with Crippen molar-refractivity contribution in [3.05, 3.63) is 71.2 Å². The Kier molecular flexibility index (Phi) is 4.36. The van der Waals surface area contributed by atoms with Gasteiger partial charge < -0.3 is 9.88 Å². The summed E-state index contributed by atoms with van der Waals surface area (Å²) < 4.78 is 2.13. The van der Waals surface area contributed by atoms with Crippen molar-refractivity contribution in [1.29, 1.82) is 0 Å². The van der Waals surface area contributed by atoms with Gasteiger partial charge in [0.05, 0.1) is 34.4 Å². The average Bonchev–Trinajstić information content (AvgIpc) is 3.03. The normalized spacial score (nSPS) is 11.2. The second kappa shape index (κ2) is 6.83. The Hall–Kier alpha value is -3.21. The highest BCUT2D eigenvalue weighted by atomic mass is 16.1. The Morgan fingerprint density at radius 2 is 1.85 bits per heavy atom. The summed E-state index contributed by atoms with van der Waals surface area (Å²) in [5.74, 6) is 0.729. The molecule has 0 aliphatic carbocycles. The minimum Gasteiger partial charge on any atom is -0.345 e. The van der Waals surface area contributed by atoms with Crippen LogP contribution >= 0.6 is 0 Å². The number of nitrogens with zero attached hydrogens (tertiary/aromatic N) is 3. The summed E-state index contributed by atoms with van der Waals surface area (Å²) in [5.41, 5.74) is 5.42. The first-order valence-corrected chi connectivity index (χ1v) is 9.17. The molecule has 1 amide bonds. The SMILES string of the molecule is CCn1c(CNC(=O)c2cc3cc(C)ccc3nc2C)nc2ccccc21. The van der Waals surface area contributed by atoms with Crippen LogP contribution in [0.2, 0.25) is 0 Å². The lowest BCUT2D eigenvalue weighted by Crippen LogP contribution is -2.25. The number of benzene rings is 2. The molecule has 0 spiro atoms. The lowest BCUT2D eigenvalue weighted by Gasteiger charge is -2.10. The van der Waals surface area contributed by atoms with E-state index in [0.29, 0.717) is 12.1 Å². The largest absolute Gasteiger partial charge is 0.345 e. The minimum atomic E-state index is -0.127. The molecule has 4 aromatic rings. The molecule has 0 radical (unpaired) electrons. The van der Waals surface area contributed by atoms with Crippen molar-refractivity contribution in [3.8, 4) is 0 Å². The van der Waals surface area contributed by atoms with Gasteiger partial charge >= 0.3 is 0 Å². The lowest BCUT2D eigenvalue weighted by atomic mass is 10.1. The van der Waals surface area contributed by atoms with E-state index in [4.69, 9.17) is 0 Å². The van der Waals surface area contributed by atoms with Crippen LogP contribution in [0.5, 0.6) is 0 Å². The first-order chi connectivity index (χ1) is 13.1. The van der Waals surface area contributed by atoms with Crippen LogP contribution in [0, 0.1) is 13.8 Å². The molecule has 0 saturated heterocycles. The zero-order valence-corrected chi connectivity index (χ0v) is 15.8. The quantitative estimate of drug-likeness (QED) is 0.596. The van der Waals surface area contributed by atoms with Crippen LogP contribution in [0.4, 0.5) is 0 Å². The van der Waals surface area contributed by atoms with Gasteiger partial charge in [0.1, 0.15) is 5.82 Å². The topological polar surface area (TPSA) is 59.8 Å². The third-order valence-electron chi connectivity index (χ3n) is 4.86. The Bertz CT molecular complexity index is 1160. The maximum absolute atomic E-state index is 12.8. The van der Waals surface area contributed by atoms with E-state index in [1.807, 2.05) is 50.2 Å². The third-order valence-corrected chi connectivity index (χ3v) is 4.86. The van der Waals surface area contributed by atoms with Gasteiger partial charge in [-0.1, -0.05) is 23.8 Å². The second-order valence-corrected chi connectivity index (χ2v) is 6.76. The Labute approximate surface area is 158 Å². The molecule has 2 aromatic carbocycles. The molecule has 0 bridgehead atoms. The van der Waals surface area contributed by atoms with Crippen LogP contribution in [-0.4, -0.2) is 20.4 Å². The molecule has 2 heterocycles. The number of aromatic nitrogens is 3. The monoisotopic (exact) mass is 358 g/mol. The summed E-state index contributed by atoms with van der Waals surface area (Å²) in [5, 5.41) is 3.99. The van der Waals surface area contributed by atoms with Crippen LogP contribution < -0.4 is 5.32 Å². The fraction of sp³-hybridized carbons (Fsp3) is 0.227. The van der Waals surface area contributed by atoms with Crippen LogP contribution in [-0.2, 0) is 13.1 Å². The third kappa shape index (κ3) is 3.16. The van der Waals surface area contributed by atoms with Crippen molar-refractivity contribution >= 4 is 27.8 Å². The molecule has 5 heteroatoms. The van der Waals surface area contributed by atoms with E-state index in [0.717, 1.165) is 45.6 Å². The van der Waals surface area contributed by atoms with Gasteiger partial charge in [-0.15, -0.1) is 0 Å². The first-order valence-electron chi connectivity index (χ1n) is 9.17.